The summed E-state index contributed by atoms with van der Waals surface area (Å²) in [5.41, 5.74) is 0. The Labute approximate surface area is 102 Å². The zero-order valence-electron chi connectivity index (χ0n) is 10.4. The molecule has 0 fully saturated rings. The number of hydrogen-bond donors (Lipinski definition) is 1. The molecule has 1 N–H and O–H groups in total. The second-order valence-electron chi connectivity index (χ2n) is 3.96. The Balaban J connectivity index is 2.28. The Morgan fingerprint density at radius 1 is 1.65 bits per heavy atom. The molecule has 5 heteroatoms. The van der Waals surface area contributed by atoms with Gasteiger partial charge in [0.15, 0.2) is 0 Å². The van der Waals surface area contributed by atoms with Crippen molar-refractivity contribution in [1.29, 1.82) is 0 Å². The maximum atomic E-state index is 9.69. The van der Waals surface area contributed by atoms with E-state index in [4.69, 9.17) is 4.74 Å². The molecule has 1 heterocycles. The van der Waals surface area contributed by atoms with Gasteiger partial charge < -0.3 is 14.4 Å². The highest BCUT2D eigenvalue weighted by Crippen LogP contribution is 2.03. The highest BCUT2D eigenvalue weighted by Gasteiger charge is 2.08. The number of aromatic nitrogens is 3. The maximum Gasteiger partial charge on any atom is 0.133 e. The van der Waals surface area contributed by atoms with Crippen molar-refractivity contribution in [3.63, 3.8) is 0 Å². The van der Waals surface area contributed by atoms with Gasteiger partial charge in [0, 0.05) is 19.6 Å². The maximum absolute atomic E-state index is 9.69. The van der Waals surface area contributed by atoms with E-state index >= 15 is 0 Å². The van der Waals surface area contributed by atoms with E-state index in [1.54, 1.807) is 12.4 Å². The van der Waals surface area contributed by atoms with Gasteiger partial charge in [0.1, 0.15) is 12.2 Å². The highest BCUT2D eigenvalue weighted by molar-refractivity contribution is 4.89. The summed E-state index contributed by atoms with van der Waals surface area (Å²) in [5, 5.41) is 17.6. The molecule has 17 heavy (non-hydrogen) atoms. The second kappa shape index (κ2) is 7.97. The smallest absolute Gasteiger partial charge is 0.133 e. The fourth-order valence-electron chi connectivity index (χ4n) is 1.51. The Bertz CT molecular complexity index is 325. The van der Waals surface area contributed by atoms with Crippen molar-refractivity contribution < 1.29 is 9.84 Å². The molecule has 5 nitrogen and oxygen atoms in total. The molecule has 1 aromatic heterocycles. The average molecular weight is 239 g/mol. The van der Waals surface area contributed by atoms with Crippen molar-refractivity contribution in [2.45, 2.75) is 38.8 Å². The van der Waals surface area contributed by atoms with Gasteiger partial charge in [-0.3, -0.25) is 0 Å². The van der Waals surface area contributed by atoms with E-state index < -0.39 is 6.10 Å². The van der Waals surface area contributed by atoms with Gasteiger partial charge in [0.2, 0.25) is 0 Å². The monoisotopic (exact) mass is 239 g/mol. The van der Waals surface area contributed by atoms with E-state index in [2.05, 4.69) is 16.8 Å². The molecule has 0 aromatic carbocycles. The topological polar surface area (TPSA) is 60.2 Å². The third kappa shape index (κ3) is 5.10. The highest BCUT2D eigenvalue weighted by atomic mass is 16.5. The van der Waals surface area contributed by atoms with Crippen molar-refractivity contribution in [1.82, 2.24) is 14.8 Å². The number of ether oxygens (including phenoxy) is 1. The summed E-state index contributed by atoms with van der Waals surface area (Å²) in [6, 6.07) is 0. The molecule has 0 aliphatic carbocycles. The first-order valence-electron chi connectivity index (χ1n) is 6.01. The molecule has 1 rings (SSSR count). The molecule has 1 aromatic rings. The number of aryl methyl sites for hydroxylation is 1. The zero-order valence-corrected chi connectivity index (χ0v) is 10.4. The Hall–Kier alpha value is -1.20. The predicted molar refractivity (Wildman–Crippen MR) is 65.7 cm³/mol. The molecule has 0 bridgehead atoms. The first-order chi connectivity index (χ1) is 8.27. The van der Waals surface area contributed by atoms with E-state index in [-0.39, 0.29) is 0 Å². The van der Waals surface area contributed by atoms with E-state index in [9.17, 15) is 5.11 Å². The molecule has 0 saturated carbocycles. The third-order valence-corrected chi connectivity index (χ3v) is 2.38. The van der Waals surface area contributed by atoms with Crippen LogP contribution >= 0.6 is 0 Å². The third-order valence-electron chi connectivity index (χ3n) is 2.38. The lowest BCUT2D eigenvalue weighted by Gasteiger charge is -2.10. The van der Waals surface area contributed by atoms with Gasteiger partial charge in [-0.15, -0.1) is 16.8 Å². The van der Waals surface area contributed by atoms with E-state index in [1.165, 1.54) is 0 Å². The number of rotatable bonds is 9. The lowest BCUT2D eigenvalue weighted by atomic mass is 10.2. The number of nitrogens with zero attached hydrogens (tertiary/aromatic N) is 3. The van der Waals surface area contributed by atoms with Crippen LogP contribution in [0.4, 0.5) is 0 Å². The standard InChI is InChI=1S/C12H21N3O2/c1-3-7-15-10-13-14-12(15)6-5-11(16)9-17-8-4-2/h3,10-11,16H,1,4-9H2,2H3/t11-/m0/s1. The van der Waals surface area contributed by atoms with Crippen LogP contribution in [-0.4, -0.2) is 39.2 Å². The van der Waals surface area contributed by atoms with Crippen LogP contribution in [0.5, 0.6) is 0 Å². The molecule has 0 amide bonds. The van der Waals surface area contributed by atoms with Crippen LogP contribution < -0.4 is 0 Å². The Morgan fingerprint density at radius 2 is 2.47 bits per heavy atom. The summed E-state index contributed by atoms with van der Waals surface area (Å²) in [6.45, 7) is 7.51. The van der Waals surface area contributed by atoms with Gasteiger partial charge in [0.05, 0.1) is 12.7 Å². The summed E-state index contributed by atoms with van der Waals surface area (Å²) >= 11 is 0. The summed E-state index contributed by atoms with van der Waals surface area (Å²) in [4.78, 5) is 0. The Morgan fingerprint density at radius 3 is 3.18 bits per heavy atom. The van der Waals surface area contributed by atoms with Crippen LogP contribution in [0, 0.1) is 0 Å². The molecule has 96 valence electrons. The average Bonchev–Trinajstić information content (AvgIpc) is 2.75. The second-order valence-corrected chi connectivity index (χ2v) is 3.96. The van der Waals surface area contributed by atoms with Crippen molar-refractivity contribution in [2.24, 2.45) is 0 Å². The van der Waals surface area contributed by atoms with Crippen LogP contribution in [0.15, 0.2) is 19.0 Å². The van der Waals surface area contributed by atoms with Crippen LogP contribution in [0.2, 0.25) is 0 Å². The molecular weight excluding hydrogens is 218 g/mol. The molecule has 0 spiro atoms. The SMILES string of the molecule is C=CCn1cnnc1CC[C@H](O)COCCC. The minimum Gasteiger partial charge on any atom is -0.391 e. The quantitative estimate of drug-likeness (QED) is 0.519. The van der Waals surface area contributed by atoms with Gasteiger partial charge in [-0.25, -0.2) is 0 Å². The van der Waals surface area contributed by atoms with E-state index in [0.717, 1.165) is 12.2 Å². The molecule has 0 aliphatic heterocycles. The number of aliphatic hydroxyl groups is 1. The minimum absolute atomic E-state index is 0.392. The van der Waals surface area contributed by atoms with Crippen LogP contribution in [0.25, 0.3) is 0 Å². The number of aliphatic hydroxyl groups excluding tert-OH is 1. The number of hydrogen-bond acceptors (Lipinski definition) is 4. The first kappa shape index (κ1) is 13.9. The summed E-state index contributed by atoms with van der Waals surface area (Å²) in [6.07, 6.45) is 5.35. The molecule has 1 atom stereocenters. The van der Waals surface area contributed by atoms with E-state index in [0.29, 0.717) is 32.6 Å². The van der Waals surface area contributed by atoms with Gasteiger partial charge in [-0.05, 0) is 12.8 Å². The zero-order chi connectivity index (χ0) is 12.5. The van der Waals surface area contributed by atoms with Crippen molar-refractivity contribution in [2.75, 3.05) is 13.2 Å². The van der Waals surface area contributed by atoms with Crippen molar-refractivity contribution >= 4 is 0 Å². The van der Waals surface area contributed by atoms with Crippen LogP contribution in [0.3, 0.4) is 0 Å². The summed E-state index contributed by atoms with van der Waals surface area (Å²) in [7, 11) is 0. The molecule has 0 saturated heterocycles. The molecule has 0 radical (unpaired) electrons. The largest absolute Gasteiger partial charge is 0.391 e. The van der Waals surface area contributed by atoms with Gasteiger partial charge in [0.25, 0.3) is 0 Å². The van der Waals surface area contributed by atoms with Crippen LogP contribution in [0.1, 0.15) is 25.6 Å². The van der Waals surface area contributed by atoms with Gasteiger partial charge in [-0.2, -0.15) is 0 Å². The fraction of sp³-hybridized carbons (Fsp3) is 0.667. The van der Waals surface area contributed by atoms with Crippen molar-refractivity contribution in [3.8, 4) is 0 Å². The predicted octanol–water partition coefficient (Wildman–Crippen LogP) is 1.18. The van der Waals surface area contributed by atoms with Crippen LogP contribution in [-0.2, 0) is 17.7 Å². The van der Waals surface area contributed by atoms with Crippen molar-refractivity contribution in [3.05, 3.63) is 24.8 Å². The molecular formula is C12H21N3O2. The molecule has 0 unspecified atom stereocenters. The lowest BCUT2D eigenvalue weighted by molar-refractivity contribution is 0.0327. The summed E-state index contributed by atoms with van der Waals surface area (Å²) in [5.74, 6) is 0.874. The Kier molecular flexibility index (Phi) is 6.50. The molecule has 0 aliphatic rings. The fourth-order valence-corrected chi connectivity index (χ4v) is 1.51. The minimum atomic E-state index is -0.435. The first-order valence-corrected chi connectivity index (χ1v) is 6.01. The summed E-state index contributed by atoms with van der Waals surface area (Å²) < 4.78 is 7.21. The lowest BCUT2D eigenvalue weighted by Crippen LogP contribution is -2.17. The van der Waals surface area contributed by atoms with Gasteiger partial charge in [-0.1, -0.05) is 13.0 Å². The van der Waals surface area contributed by atoms with Gasteiger partial charge >= 0.3 is 0 Å². The normalized spacial score (nSPS) is 12.6. The number of allylic oxidation sites excluding steroid dienone is 1. The van der Waals surface area contributed by atoms with E-state index in [1.807, 2.05) is 11.5 Å².